The number of aryl methyl sites for hydroxylation is 1. The lowest BCUT2D eigenvalue weighted by molar-refractivity contribution is 0.0645. The maximum atomic E-state index is 12.5. The molecule has 1 unspecified atom stereocenters. The zero-order chi connectivity index (χ0) is 15.1. The molecule has 0 bridgehead atoms. The highest BCUT2D eigenvalue weighted by Gasteiger charge is 2.33. The number of furan rings is 1. The van der Waals surface area contributed by atoms with Gasteiger partial charge in [0.15, 0.2) is 5.76 Å². The number of piperidine rings is 1. The fourth-order valence-corrected chi connectivity index (χ4v) is 3.49. The van der Waals surface area contributed by atoms with Crippen LogP contribution < -0.4 is 0 Å². The average Bonchev–Trinajstić information content (AvgIpc) is 3.09. The molecule has 1 atom stereocenters. The Morgan fingerprint density at radius 2 is 2.23 bits per heavy atom. The highest BCUT2D eigenvalue weighted by molar-refractivity contribution is 5.91. The van der Waals surface area contributed by atoms with Gasteiger partial charge in [0.25, 0.3) is 5.91 Å². The molecule has 1 aliphatic carbocycles. The van der Waals surface area contributed by atoms with Crippen LogP contribution in [-0.2, 0) is 0 Å². The van der Waals surface area contributed by atoms with Gasteiger partial charge >= 0.3 is 0 Å². The van der Waals surface area contributed by atoms with Gasteiger partial charge in [-0.25, -0.2) is 4.98 Å². The number of amides is 1. The molecule has 1 saturated carbocycles. The van der Waals surface area contributed by atoms with Gasteiger partial charge in [-0.2, -0.15) is 0 Å². The van der Waals surface area contributed by atoms with Crippen molar-refractivity contribution < 1.29 is 9.21 Å². The lowest BCUT2D eigenvalue weighted by atomic mass is 10.0. The van der Waals surface area contributed by atoms with Gasteiger partial charge in [-0.1, -0.05) is 0 Å². The van der Waals surface area contributed by atoms with Gasteiger partial charge in [0.05, 0.1) is 12.3 Å². The van der Waals surface area contributed by atoms with Gasteiger partial charge in [-0.05, 0) is 44.7 Å². The van der Waals surface area contributed by atoms with E-state index in [0.717, 1.165) is 25.9 Å². The smallest absolute Gasteiger partial charge is 0.289 e. The predicted octanol–water partition coefficient (Wildman–Crippen LogP) is 3.14. The molecular weight excluding hydrogens is 278 g/mol. The summed E-state index contributed by atoms with van der Waals surface area (Å²) in [5.41, 5.74) is 1.21. The van der Waals surface area contributed by atoms with E-state index in [4.69, 9.17) is 4.42 Å². The Bertz CT molecular complexity index is 670. The molecule has 2 aromatic heterocycles. The van der Waals surface area contributed by atoms with E-state index in [2.05, 4.69) is 16.5 Å². The van der Waals surface area contributed by atoms with Gasteiger partial charge in [-0.3, -0.25) is 4.79 Å². The Kier molecular flexibility index (Phi) is 3.28. The van der Waals surface area contributed by atoms with E-state index in [1.165, 1.54) is 24.4 Å². The van der Waals surface area contributed by atoms with Crippen molar-refractivity contribution in [1.82, 2.24) is 14.5 Å². The first kappa shape index (κ1) is 13.6. The molecule has 2 aromatic rings. The minimum absolute atomic E-state index is 0.000408. The van der Waals surface area contributed by atoms with Crippen LogP contribution in [0.2, 0.25) is 0 Å². The van der Waals surface area contributed by atoms with E-state index in [9.17, 15) is 4.79 Å². The van der Waals surface area contributed by atoms with Crippen LogP contribution in [0.5, 0.6) is 0 Å². The molecule has 0 N–H and O–H groups in total. The number of carbonyl (C=O) groups excluding carboxylic acids is 1. The summed E-state index contributed by atoms with van der Waals surface area (Å²) in [6, 6.07) is 3.84. The van der Waals surface area contributed by atoms with Crippen LogP contribution in [0.1, 0.15) is 59.7 Å². The number of rotatable bonds is 3. The third-order valence-electron chi connectivity index (χ3n) is 4.73. The molecule has 5 nitrogen and oxygen atoms in total. The molecule has 0 radical (unpaired) electrons. The highest BCUT2D eigenvalue weighted by atomic mass is 16.3. The number of imidazole rings is 1. The highest BCUT2D eigenvalue weighted by Crippen LogP contribution is 2.41. The molecule has 116 valence electrons. The first-order valence-corrected chi connectivity index (χ1v) is 8.10. The second kappa shape index (κ2) is 5.30. The fraction of sp³-hybridized carbons (Fsp3) is 0.529. The second-order valence-electron chi connectivity index (χ2n) is 6.43. The third-order valence-corrected chi connectivity index (χ3v) is 4.73. The SMILES string of the molecule is Cc1cnc(C2CC2)n1C1CCCN(C(=O)c2ccco2)C1. The van der Waals surface area contributed by atoms with Crippen molar-refractivity contribution in [3.63, 3.8) is 0 Å². The minimum atomic E-state index is 0.000408. The van der Waals surface area contributed by atoms with E-state index in [0.29, 0.717) is 17.7 Å². The molecule has 0 spiro atoms. The third kappa shape index (κ3) is 2.34. The largest absolute Gasteiger partial charge is 0.459 e. The van der Waals surface area contributed by atoms with Crippen LogP contribution in [0.3, 0.4) is 0 Å². The molecule has 1 saturated heterocycles. The summed E-state index contributed by atoms with van der Waals surface area (Å²) in [6.45, 7) is 3.67. The molecule has 3 heterocycles. The molecular formula is C17H21N3O2. The summed E-state index contributed by atoms with van der Waals surface area (Å²) < 4.78 is 7.63. The van der Waals surface area contributed by atoms with Crippen molar-refractivity contribution in [2.75, 3.05) is 13.1 Å². The van der Waals surface area contributed by atoms with Crippen molar-refractivity contribution in [2.45, 2.75) is 44.6 Å². The zero-order valence-electron chi connectivity index (χ0n) is 12.9. The molecule has 0 aromatic carbocycles. The zero-order valence-corrected chi connectivity index (χ0v) is 12.9. The summed E-state index contributed by atoms with van der Waals surface area (Å²) in [4.78, 5) is 19.0. The maximum absolute atomic E-state index is 12.5. The summed E-state index contributed by atoms with van der Waals surface area (Å²) in [5, 5.41) is 0. The molecule has 1 amide bonds. The van der Waals surface area contributed by atoms with Crippen molar-refractivity contribution in [3.05, 3.63) is 41.9 Å². The van der Waals surface area contributed by atoms with Crippen molar-refractivity contribution in [2.24, 2.45) is 0 Å². The second-order valence-corrected chi connectivity index (χ2v) is 6.43. The molecule has 22 heavy (non-hydrogen) atoms. The van der Waals surface area contributed by atoms with E-state index < -0.39 is 0 Å². The monoisotopic (exact) mass is 299 g/mol. The fourth-order valence-electron chi connectivity index (χ4n) is 3.49. The van der Waals surface area contributed by atoms with Crippen LogP contribution in [0.25, 0.3) is 0 Å². The van der Waals surface area contributed by atoms with Crippen LogP contribution in [-0.4, -0.2) is 33.4 Å². The van der Waals surface area contributed by atoms with Crippen molar-refractivity contribution in [3.8, 4) is 0 Å². The molecule has 2 aliphatic rings. The van der Waals surface area contributed by atoms with Gasteiger partial charge < -0.3 is 13.9 Å². The van der Waals surface area contributed by atoms with Gasteiger partial charge in [0, 0.05) is 30.9 Å². The van der Waals surface area contributed by atoms with Crippen molar-refractivity contribution >= 4 is 5.91 Å². The van der Waals surface area contributed by atoms with Crippen LogP contribution in [0.15, 0.2) is 29.0 Å². The lowest BCUT2D eigenvalue weighted by Gasteiger charge is -2.34. The topological polar surface area (TPSA) is 51.3 Å². The standard InChI is InChI=1S/C17H21N3O2/c1-12-10-18-16(13-6-7-13)20(12)14-4-2-8-19(11-14)17(21)15-5-3-9-22-15/h3,5,9-10,13-14H,2,4,6-8,11H2,1H3. The number of hydrogen-bond donors (Lipinski definition) is 0. The van der Waals surface area contributed by atoms with Gasteiger partial charge in [0.1, 0.15) is 5.82 Å². The number of aromatic nitrogens is 2. The van der Waals surface area contributed by atoms with Crippen molar-refractivity contribution in [1.29, 1.82) is 0 Å². The maximum Gasteiger partial charge on any atom is 0.289 e. The molecule has 1 aliphatic heterocycles. The summed E-state index contributed by atoms with van der Waals surface area (Å²) >= 11 is 0. The number of carbonyl (C=O) groups is 1. The lowest BCUT2D eigenvalue weighted by Crippen LogP contribution is -2.41. The van der Waals surface area contributed by atoms with Gasteiger partial charge in [-0.15, -0.1) is 0 Å². The first-order valence-electron chi connectivity index (χ1n) is 8.10. The number of likely N-dealkylation sites (tertiary alicyclic amines) is 1. The van der Waals surface area contributed by atoms with E-state index in [-0.39, 0.29) is 5.91 Å². The Morgan fingerprint density at radius 1 is 1.36 bits per heavy atom. The number of hydrogen-bond acceptors (Lipinski definition) is 3. The summed E-state index contributed by atoms with van der Waals surface area (Å²) in [5.74, 6) is 2.28. The molecule has 2 fully saturated rings. The Balaban J connectivity index is 1.56. The summed E-state index contributed by atoms with van der Waals surface area (Å²) in [6.07, 6.45) is 8.16. The average molecular weight is 299 g/mol. The first-order chi connectivity index (χ1) is 10.7. The summed E-state index contributed by atoms with van der Waals surface area (Å²) in [7, 11) is 0. The van der Waals surface area contributed by atoms with Crippen LogP contribution in [0, 0.1) is 6.92 Å². The Hall–Kier alpha value is -2.04. The normalized spacial score (nSPS) is 22.0. The predicted molar refractivity (Wildman–Crippen MR) is 81.8 cm³/mol. The van der Waals surface area contributed by atoms with Crippen LogP contribution in [0.4, 0.5) is 0 Å². The Morgan fingerprint density at radius 3 is 2.95 bits per heavy atom. The van der Waals surface area contributed by atoms with E-state index in [1.807, 2.05) is 11.1 Å². The quantitative estimate of drug-likeness (QED) is 0.875. The van der Waals surface area contributed by atoms with E-state index >= 15 is 0 Å². The van der Waals surface area contributed by atoms with E-state index in [1.54, 1.807) is 18.4 Å². The molecule has 4 rings (SSSR count). The Labute approximate surface area is 129 Å². The van der Waals surface area contributed by atoms with Crippen LogP contribution >= 0.6 is 0 Å². The molecule has 5 heteroatoms. The van der Waals surface area contributed by atoms with Gasteiger partial charge in [0.2, 0.25) is 0 Å². The minimum Gasteiger partial charge on any atom is -0.459 e. The number of nitrogens with zero attached hydrogens (tertiary/aromatic N) is 3.